The molecule has 114 valence electrons. The molecule has 2 rings (SSSR count). The van der Waals surface area contributed by atoms with Gasteiger partial charge >= 0.3 is 0 Å². The maximum Gasteiger partial charge on any atom is 0.0916 e. The second-order valence-electron chi connectivity index (χ2n) is 5.73. The van der Waals surface area contributed by atoms with E-state index in [9.17, 15) is 5.11 Å². The van der Waals surface area contributed by atoms with Gasteiger partial charge in [0.05, 0.1) is 12.3 Å². The van der Waals surface area contributed by atoms with E-state index in [0.29, 0.717) is 6.54 Å². The Morgan fingerprint density at radius 3 is 2.52 bits per heavy atom. The number of nitrogens with zero attached hydrogens (tertiary/aromatic N) is 3. The highest BCUT2D eigenvalue weighted by molar-refractivity contribution is 5.24. The fourth-order valence-electron chi connectivity index (χ4n) is 2.53. The van der Waals surface area contributed by atoms with Crippen molar-refractivity contribution in [1.82, 2.24) is 14.7 Å². The highest BCUT2D eigenvalue weighted by atomic mass is 16.3. The summed E-state index contributed by atoms with van der Waals surface area (Å²) < 4.78 is 1.80. The summed E-state index contributed by atoms with van der Waals surface area (Å²) in [7, 11) is 3.93. The standard InChI is InChI=1S/C17H25N3O/c1-4-5-14-6-8-16(9-7-14)17(21)13-19(2)11-15-10-18-20(3)12-15/h6-10,12,17,21H,4-5,11,13H2,1-3H3. The van der Waals surface area contributed by atoms with Crippen LogP contribution in [-0.4, -0.2) is 33.4 Å². The van der Waals surface area contributed by atoms with Gasteiger partial charge in [-0.15, -0.1) is 0 Å². The third-order valence-electron chi connectivity index (χ3n) is 3.60. The van der Waals surface area contributed by atoms with Gasteiger partial charge in [-0.2, -0.15) is 5.10 Å². The second-order valence-corrected chi connectivity index (χ2v) is 5.73. The van der Waals surface area contributed by atoms with Crippen molar-refractivity contribution in [2.45, 2.75) is 32.4 Å². The van der Waals surface area contributed by atoms with Crippen molar-refractivity contribution >= 4 is 0 Å². The summed E-state index contributed by atoms with van der Waals surface area (Å²) in [6.45, 7) is 3.58. The van der Waals surface area contributed by atoms with E-state index >= 15 is 0 Å². The largest absolute Gasteiger partial charge is 0.387 e. The van der Waals surface area contributed by atoms with Crippen molar-refractivity contribution in [2.75, 3.05) is 13.6 Å². The van der Waals surface area contributed by atoms with E-state index in [2.05, 4.69) is 29.1 Å². The molecule has 0 aliphatic heterocycles. The Bertz CT molecular complexity index is 547. The van der Waals surface area contributed by atoms with Crippen LogP contribution in [0.4, 0.5) is 0 Å². The van der Waals surface area contributed by atoms with Crippen molar-refractivity contribution in [2.24, 2.45) is 7.05 Å². The summed E-state index contributed by atoms with van der Waals surface area (Å²) in [4.78, 5) is 2.11. The number of hydrogen-bond acceptors (Lipinski definition) is 3. The second kappa shape index (κ2) is 7.38. The average molecular weight is 287 g/mol. The van der Waals surface area contributed by atoms with Crippen molar-refractivity contribution < 1.29 is 5.11 Å². The molecular formula is C17H25N3O. The van der Waals surface area contributed by atoms with Crippen LogP contribution in [-0.2, 0) is 20.0 Å². The van der Waals surface area contributed by atoms with E-state index < -0.39 is 6.10 Å². The zero-order valence-corrected chi connectivity index (χ0v) is 13.2. The lowest BCUT2D eigenvalue weighted by atomic mass is 10.0. The number of aliphatic hydroxyl groups is 1. The van der Waals surface area contributed by atoms with Crippen LogP contribution in [0.25, 0.3) is 0 Å². The molecule has 1 atom stereocenters. The van der Waals surface area contributed by atoms with Crippen LogP contribution < -0.4 is 0 Å². The molecule has 0 amide bonds. The first-order valence-electron chi connectivity index (χ1n) is 7.51. The van der Waals surface area contributed by atoms with Gasteiger partial charge in [-0.05, 0) is 24.6 Å². The number of aryl methyl sites for hydroxylation is 2. The molecule has 1 aromatic heterocycles. The minimum absolute atomic E-state index is 0.456. The molecule has 0 aliphatic rings. The van der Waals surface area contributed by atoms with Crippen molar-refractivity contribution in [3.8, 4) is 0 Å². The first-order chi connectivity index (χ1) is 10.1. The summed E-state index contributed by atoms with van der Waals surface area (Å²) in [6, 6.07) is 8.30. The van der Waals surface area contributed by atoms with E-state index in [1.807, 2.05) is 38.6 Å². The molecule has 1 unspecified atom stereocenters. The molecule has 0 fully saturated rings. The van der Waals surface area contributed by atoms with Gasteiger partial charge in [0, 0.05) is 31.9 Å². The molecular weight excluding hydrogens is 262 g/mol. The number of hydrogen-bond donors (Lipinski definition) is 1. The molecule has 0 radical (unpaired) electrons. The Kier molecular flexibility index (Phi) is 5.53. The summed E-state index contributed by atoms with van der Waals surface area (Å²) in [6.07, 6.45) is 5.65. The highest BCUT2D eigenvalue weighted by Gasteiger charge is 2.11. The van der Waals surface area contributed by atoms with Crippen LogP contribution in [0, 0.1) is 0 Å². The van der Waals surface area contributed by atoms with Gasteiger partial charge in [-0.1, -0.05) is 37.6 Å². The van der Waals surface area contributed by atoms with Crippen molar-refractivity contribution in [3.63, 3.8) is 0 Å². The molecule has 0 spiro atoms. The molecule has 2 aromatic rings. The topological polar surface area (TPSA) is 41.3 Å². The molecule has 0 saturated carbocycles. The Hall–Kier alpha value is -1.65. The van der Waals surface area contributed by atoms with Crippen LogP contribution >= 0.6 is 0 Å². The molecule has 1 heterocycles. The lowest BCUT2D eigenvalue weighted by Gasteiger charge is -2.20. The Labute approximate surface area is 127 Å². The molecule has 0 saturated heterocycles. The zero-order chi connectivity index (χ0) is 15.2. The van der Waals surface area contributed by atoms with Crippen molar-refractivity contribution in [3.05, 3.63) is 53.3 Å². The maximum atomic E-state index is 10.3. The van der Waals surface area contributed by atoms with Gasteiger partial charge in [0.2, 0.25) is 0 Å². The number of rotatable bonds is 7. The van der Waals surface area contributed by atoms with E-state index in [4.69, 9.17) is 0 Å². The monoisotopic (exact) mass is 287 g/mol. The predicted molar refractivity (Wildman–Crippen MR) is 84.9 cm³/mol. The molecule has 1 aromatic carbocycles. The smallest absolute Gasteiger partial charge is 0.0916 e. The number of likely N-dealkylation sites (N-methyl/N-ethyl adjacent to an activating group) is 1. The average Bonchev–Trinajstić information content (AvgIpc) is 2.85. The predicted octanol–water partition coefficient (Wildman–Crippen LogP) is 2.54. The minimum atomic E-state index is -0.456. The fourth-order valence-corrected chi connectivity index (χ4v) is 2.53. The van der Waals surface area contributed by atoms with E-state index in [-0.39, 0.29) is 0 Å². The van der Waals surface area contributed by atoms with Crippen LogP contribution in [0.2, 0.25) is 0 Å². The van der Waals surface area contributed by atoms with Gasteiger partial charge in [-0.3, -0.25) is 9.58 Å². The van der Waals surface area contributed by atoms with Gasteiger partial charge in [0.15, 0.2) is 0 Å². The Balaban J connectivity index is 1.89. The van der Waals surface area contributed by atoms with Crippen LogP contribution in [0.5, 0.6) is 0 Å². The van der Waals surface area contributed by atoms with E-state index in [1.165, 1.54) is 5.56 Å². The van der Waals surface area contributed by atoms with Crippen molar-refractivity contribution in [1.29, 1.82) is 0 Å². The first-order valence-corrected chi connectivity index (χ1v) is 7.51. The maximum absolute atomic E-state index is 10.3. The summed E-state index contributed by atoms with van der Waals surface area (Å²) in [5, 5.41) is 14.5. The summed E-state index contributed by atoms with van der Waals surface area (Å²) in [5.41, 5.74) is 3.47. The lowest BCUT2D eigenvalue weighted by molar-refractivity contribution is 0.124. The first kappa shape index (κ1) is 15.7. The molecule has 0 bridgehead atoms. The minimum Gasteiger partial charge on any atom is -0.387 e. The van der Waals surface area contributed by atoms with Crippen LogP contribution in [0.15, 0.2) is 36.7 Å². The van der Waals surface area contributed by atoms with Gasteiger partial charge in [0.25, 0.3) is 0 Å². The molecule has 0 aliphatic carbocycles. The third kappa shape index (κ3) is 4.69. The molecule has 1 N–H and O–H groups in total. The Morgan fingerprint density at radius 2 is 1.95 bits per heavy atom. The van der Waals surface area contributed by atoms with Gasteiger partial charge in [-0.25, -0.2) is 0 Å². The fraction of sp³-hybridized carbons (Fsp3) is 0.471. The summed E-state index contributed by atoms with van der Waals surface area (Å²) >= 11 is 0. The molecule has 21 heavy (non-hydrogen) atoms. The molecule has 4 nitrogen and oxygen atoms in total. The van der Waals surface area contributed by atoms with E-state index in [0.717, 1.165) is 30.5 Å². The van der Waals surface area contributed by atoms with Gasteiger partial charge in [0.1, 0.15) is 0 Å². The molecule has 4 heteroatoms. The number of aliphatic hydroxyl groups excluding tert-OH is 1. The summed E-state index contributed by atoms with van der Waals surface area (Å²) in [5.74, 6) is 0. The third-order valence-corrected chi connectivity index (χ3v) is 3.60. The quantitative estimate of drug-likeness (QED) is 0.851. The normalized spacial score (nSPS) is 12.8. The zero-order valence-electron chi connectivity index (χ0n) is 13.2. The highest BCUT2D eigenvalue weighted by Crippen LogP contribution is 2.16. The SMILES string of the molecule is CCCc1ccc(C(O)CN(C)Cc2cnn(C)c2)cc1. The van der Waals surface area contributed by atoms with Gasteiger partial charge < -0.3 is 5.11 Å². The van der Waals surface area contributed by atoms with Crippen LogP contribution in [0.1, 0.15) is 36.1 Å². The Morgan fingerprint density at radius 1 is 1.24 bits per heavy atom. The van der Waals surface area contributed by atoms with Crippen LogP contribution in [0.3, 0.4) is 0 Å². The van der Waals surface area contributed by atoms with E-state index in [1.54, 1.807) is 4.68 Å². The number of benzene rings is 1. The lowest BCUT2D eigenvalue weighted by Crippen LogP contribution is -2.24. The number of aromatic nitrogens is 2.